The van der Waals surface area contributed by atoms with Gasteiger partial charge in [0.15, 0.2) is 0 Å². The first kappa shape index (κ1) is 12.6. The first-order valence-electron chi connectivity index (χ1n) is 5.84. The van der Waals surface area contributed by atoms with Gasteiger partial charge in [-0.15, -0.1) is 0 Å². The van der Waals surface area contributed by atoms with Gasteiger partial charge >= 0.3 is 5.97 Å². The zero-order chi connectivity index (χ0) is 12.1. The molecule has 0 saturated heterocycles. The molecule has 1 aliphatic carbocycles. The smallest absolute Gasteiger partial charge is 0.339 e. The first-order chi connectivity index (χ1) is 8.27. The van der Waals surface area contributed by atoms with Crippen molar-refractivity contribution in [1.82, 2.24) is 0 Å². The molecule has 0 amide bonds. The number of carbonyl (C=O) groups is 1. The van der Waals surface area contributed by atoms with Gasteiger partial charge in [-0.05, 0) is 59.9 Å². The van der Waals surface area contributed by atoms with Crippen LogP contribution in [0.2, 0.25) is 0 Å². The minimum Gasteiger partial charge on any atom is -0.462 e. The Labute approximate surface area is 115 Å². The number of carbonyl (C=O) groups excluding carboxylic acids is 1. The van der Waals surface area contributed by atoms with Crippen LogP contribution in [0.4, 0.5) is 0 Å². The Morgan fingerprint density at radius 2 is 2.18 bits per heavy atom. The van der Waals surface area contributed by atoms with Crippen molar-refractivity contribution >= 4 is 28.6 Å². The third kappa shape index (κ3) is 3.56. The summed E-state index contributed by atoms with van der Waals surface area (Å²) in [6, 6.07) is 7.51. The lowest BCUT2D eigenvalue weighted by Crippen LogP contribution is -2.16. The van der Waals surface area contributed by atoms with E-state index in [2.05, 4.69) is 34.7 Å². The van der Waals surface area contributed by atoms with Gasteiger partial charge in [0.1, 0.15) is 0 Å². The topological polar surface area (TPSA) is 26.3 Å². The second-order valence-electron chi connectivity index (χ2n) is 4.23. The van der Waals surface area contributed by atoms with Gasteiger partial charge in [0.25, 0.3) is 0 Å². The first-order valence-corrected chi connectivity index (χ1v) is 6.92. The van der Waals surface area contributed by atoms with Crippen LogP contribution in [0.15, 0.2) is 36.4 Å². The third-order valence-corrected chi connectivity index (χ3v) is 3.86. The highest BCUT2D eigenvalue weighted by atomic mass is 127. The van der Waals surface area contributed by atoms with Crippen molar-refractivity contribution in [2.75, 3.05) is 6.61 Å². The highest BCUT2D eigenvalue weighted by molar-refractivity contribution is 14.1. The van der Waals surface area contributed by atoms with Crippen LogP contribution in [-0.2, 0) is 4.74 Å². The zero-order valence-corrected chi connectivity index (χ0v) is 11.7. The van der Waals surface area contributed by atoms with Crippen molar-refractivity contribution in [3.8, 4) is 0 Å². The van der Waals surface area contributed by atoms with Crippen LogP contribution in [0.1, 0.15) is 29.6 Å². The van der Waals surface area contributed by atoms with E-state index < -0.39 is 0 Å². The lowest BCUT2D eigenvalue weighted by molar-refractivity contribution is 0.0431. The molecule has 90 valence electrons. The average Bonchev–Trinajstić information content (AvgIpc) is 2.38. The van der Waals surface area contributed by atoms with Gasteiger partial charge in [-0.1, -0.05) is 24.3 Å². The normalized spacial score (nSPS) is 19.0. The fraction of sp³-hybridized carbons (Fsp3) is 0.357. The molecule has 0 heterocycles. The third-order valence-electron chi connectivity index (χ3n) is 2.92. The molecule has 0 fully saturated rings. The van der Waals surface area contributed by atoms with E-state index in [1.54, 1.807) is 0 Å². The van der Waals surface area contributed by atoms with Gasteiger partial charge in [0, 0.05) is 3.57 Å². The molecule has 2 nitrogen and oxygen atoms in total. The van der Waals surface area contributed by atoms with Crippen LogP contribution in [0.3, 0.4) is 0 Å². The molecule has 0 aromatic heterocycles. The van der Waals surface area contributed by atoms with Crippen molar-refractivity contribution in [3.05, 3.63) is 45.6 Å². The Kier molecular flexibility index (Phi) is 4.59. The number of benzene rings is 1. The highest BCUT2D eigenvalue weighted by Gasteiger charge is 2.15. The summed E-state index contributed by atoms with van der Waals surface area (Å²) < 4.78 is 6.31. The van der Waals surface area contributed by atoms with Crippen LogP contribution in [0.5, 0.6) is 0 Å². The molecule has 0 spiro atoms. The average molecular weight is 342 g/mol. The minimum atomic E-state index is -0.204. The number of hydrogen-bond donors (Lipinski definition) is 0. The van der Waals surface area contributed by atoms with E-state index in [1.165, 1.54) is 0 Å². The van der Waals surface area contributed by atoms with Gasteiger partial charge in [0.05, 0.1) is 12.2 Å². The minimum absolute atomic E-state index is 0.204. The molecule has 1 unspecified atom stereocenters. The number of allylic oxidation sites excluding steroid dienone is 2. The van der Waals surface area contributed by atoms with E-state index in [-0.39, 0.29) is 5.97 Å². The van der Waals surface area contributed by atoms with Gasteiger partial charge in [-0.25, -0.2) is 4.79 Å². The lowest BCUT2D eigenvalue weighted by atomic mass is 9.95. The molecular formula is C14H15IO2. The van der Waals surface area contributed by atoms with Gasteiger partial charge < -0.3 is 4.74 Å². The summed E-state index contributed by atoms with van der Waals surface area (Å²) in [5.74, 6) is 0.287. The summed E-state index contributed by atoms with van der Waals surface area (Å²) in [5, 5.41) is 0. The molecule has 2 rings (SSSR count). The van der Waals surface area contributed by atoms with Crippen LogP contribution in [-0.4, -0.2) is 12.6 Å². The Morgan fingerprint density at radius 1 is 1.35 bits per heavy atom. The zero-order valence-electron chi connectivity index (χ0n) is 9.56. The quantitative estimate of drug-likeness (QED) is 0.474. The summed E-state index contributed by atoms with van der Waals surface area (Å²) in [6.07, 6.45) is 7.62. The van der Waals surface area contributed by atoms with E-state index >= 15 is 0 Å². The van der Waals surface area contributed by atoms with Gasteiger partial charge in [0.2, 0.25) is 0 Å². The van der Waals surface area contributed by atoms with E-state index in [1.807, 2.05) is 24.3 Å². The number of ether oxygens (including phenoxy) is 1. The highest BCUT2D eigenvalue weighted by Crippen LogP contribution is 2.19. The molecular weight excluding hydrogens is 327 g/mol. The molecule has 17 heavy (non-hydrogen) atoms. The van der Waals surface area contributed by atoms with Crippen LogP contribution in [0, 0.1) is 9.49 Å². The van der Waals surface area contributed by atoms with Crippen LogP contribution < -0.4 is 0 Å². The van der Waals surface area contributed by atoms with Crippen molar-refractivity contribution in [1.29, 1.82) is 0 Å². The Morgan fingerprint density at radius 3 is 2.88 bits per heavy atom. The molecule has 1 atom stereocenters. The maximum Gasteiger partial charge on any atom is 0.339 e. The molecule has 1 aliphatic rings. The van der Waals surface area contributed by atoms with Gasteiger partial charge in [-0.2, -0.15) is 0 Å². The fourth-order valence-electron chi connectivity index (χ4n) is 1.91. The summed E-state index contributed by atoms with van der Waals surface area (Å²) in [7, 11) is 0. The maximum atomic E-state index is 11.9. The summed E-state index contributed by atoms with van der Waals surface area (Å²) in [4.78, 5) is 11.9. The molecule has 0 N–H and O–H groups in total. The standard InChI is InChI=1S/C14H15IO2/c15-13-9-5-4-8-12(13)14(16)17-10-11-6-2-1-3-7-11/h1-2,4-5,8-9,11H,3,6-7,10H2. The van der Waals surface area contributed by atoms with Crippen molar-refractivity contribution < 1.29 is 9.53 Å². The molecule has 1 aromatic rings. The molecule has 0 aliphatic heterocycles. The van der Waals surface area contributed by atoms with Crippen LogP contribution in [0.25, 0.3) is 0 Å². The van der Waals surface area contributed by atoms with Gasteiger partial charge in [-0.3, -0.25) is 0 Å². The number of hydrogen-bond acceptors (Lipinski definition) is 2. The monoisotopic (exact) mass is 342 g/mol. The van der Waals surface area contributed by atoms with E-state index in [9.17, 15) is 4.79 Å². The van der Waals surface area contributed by atoms with E-state index in [0.717, 1.165) is 22.8 Å². The Bertz CT molecular complexity index is 426. The lowest BCUT2D eigenvalue weighted by Gasteiger charge is -2.17. The molecule has 0 radical (unpaired) electrons. The molecule has 0 saturated carbocycles. The number of rotatable bonds is 3. The fourth-order valence-corrected chi connectivity index (χ4v) is 2.51. The second kappa shape index (κ2) is 6.19. The van der Waals surface area contributed by atoms with Crippen LogP contribution >= 0.6 is 22.6 Å². The van der Waals surface area contributed by atoms with E-state index in [0.29, 0.717) is 18.1 Å². The Hall–Kier alpha value is -0.840. The predicted molar refractivity (Wildman–Crippen MR) is 75.9 cm³/mol. The van der Waals surface area contributed by atoms with E-state index in [4.69, 9.17) is 4.74 Å². The number of esters is 1. The molecule has 3 heteroatoms. The number of halogens is 1. The maximum absolute atomic E-state index is 11.9. The Balaban J connectivity index is 1.89. The largest absolute Gasteiger partial charge is 0.462 e. The SMILES string of the molecule is O=C(OCC1CC=CCC1)c1ccccc1I. The van der Waals surface area contributed by atoms with Crippen molar-refractivity contribution in [3.63, 3.8) is 0 Å². The second-order valence-corrected chi connectivity index (χ2v) is 5.39. The summed E-state index contributed by atoms with van der Waals surface area (Å²) in [6.45, 7) is 0.536. The summed E-state index contributed by atoms with van der Waals surface area (Å²) >= 11 is 2.16. The predicted octanol–water partition coefficient (Wildman–Crippen LogP) is 3.80. The summed E-state index contributed by atoms with van der Waals surface area (Å²) in [5.41, 5.74) is 0.666. The molecule has 0 bridgehead atoms. The van der Waals surface area contributed by atoms with Crippen molar-refractivity contribution in [2.45, 2.75) is 19.3 Å². The molecule has 1 aromatic carbocycles. The van der Waals surface area contributed by atoms with Crippen molar-refractivity contribution in [2.24, 2.45) is 5.92 Å².